The van der Waals surface area contributed by atoms with Crippen molar-refractivity contribution in [3.8, 4) is 0 Å². The highest BCUT2D eigenvalue weighted by molar-refractivity contribution is 5.12. The van der Waals surface area contributed by atoms with Crippen LogP contribution in [0, 0.1) is 6.92 Å². The Balaban J connectivity index is 0.000000396. The lowest BCUT2D eigenvalue weighted by molar-refractivity contribution is 0.226. The van der Waals surface area contributed by atoms with Crippen LogP contribution in [0.25, 0.3) is 0 Å². The number of rotatable bonds is 0. The highest BCUT2D eigenvalue weighted by atomic mass is 15.4. The summed E-state index contributed by atoms with van der Waals surface area (Å²) in [5.74, 6) is 5.67. The fourth-order valence-electron chi connectivity index (χ4n) is 1.41. The molecule has 1 aromatic heterocycles. The largest absolute Gasteiger partial charge is 0.332 e. The molecule has 2 rings (SSSR count). The highest BCUT2D eigenvalue weighted by Gasteiger charge is 2.15. The van der Waals surface area contributed by atoms with E-state index in [0.717, 1.165) is 25.3 Å². The minimum atomic E-state index is 0.825. The molecule has 0 unspecified atom stereocenters. The van der Waals surface area contributed by atoms with Crippen molar-refractivity contribution >= 4 is 0 Å². The summed E-state index contributed by atoms with van der Waals surface area (Å²) in [7, 11) is 0. The second-order valence-electron chi connectivity index (χ2n) is 2.94. The van der Waals surface area contributed by atoms with Gasteiger partial charge in [0.05, 0.1) is 24.3 Å². The van der Waals surface area contributed by atoms with E-state index in [1.807, 2.05) is 32.1 Å². The van der Waals surface area contributed by atoms with Gasteiger partial charge in [-0.3, -0.25) is 5.84 Å². The molecule has 2 N–H and O–H groups in total. The SMILES string of the molecule is CC.Cc1ncn2c1CN(N)CC2. The molecule has 13 heavy (non-hydrogen) atoms. The highest BCUT2D eigenvalue weighted by Crippen LogP contribution is 2.12. The van der Waals surface area contributed by atoms with Gasteiger partial charge in [-0.2, -0.15) is 0 Å². The predicted octanol–water partition coefficient (Wildman–Crippen LogP) is 0.907. The van der Waals surface area contributed by atoms with Crippen LogP contribution in [0.1, 0.15) is 25.2 Å². The van der Waals surface area contributed by atoms with Crippen molar-refractivity contribution in [2.45, 2.75) is 33.9 Å². The first-order chi connectivity index (χ1) is 6.27. The second kappa shape index (κ2) is 4.39. The summed E-state index contributed by atoms with van der Waals surface area (Å²) in [6.07, 6.45) is 1.89. The lowest BCUT2D eigenvalue weighted by Crippen LogP contribution is -2.38. The van der Waals surface area contributed by atoms with Gasteiger partial charge in [0.1, 0.15) is 0 Å². The van der Waals surface area contributed by atoms with Gasteiger partial charge >= 0.3 is 0 Å². The van der Waals surface area contributed by atoms with E-state index in [1.165, 1.54) is 5.69 Å². The molecular formula is C9H18N4. The molecule has 0 aromatic carbocycles. The standard InChI is InChI=1S/C7H12N4.C2H6/c1-6-7-4-11(8)3-2-10(7)5-9-6;1-2/h5H,2-4,8H2,1H3;1-2H3. The molecule has 4 heteroatoms. The Morgan fingerprint density at radius 2 is 2.08 bits per heavy atom. The quantitative estimate of drug-likeness (QED) is 0.607. The summed E-state index contributed by atoms with van der Waals surface area (Å²) in [6.45, 7) is 8.73. The maximum atomic E-state index is 5.67. The molecule has 0 bridgehead atoms. The fourth-order valence-corrected chi connectivity index (χ4v) is 1.41. The van der Waals surface area contributed by atoms with E-state index in [1.54, 1.807) is 0 Å². The van der Waals surface area contributed by atoms with Crippen molar-refractivity contribution in [3.63, 3.8) is 0 Å². The average molecular weight is 182 g/mol. The molecule has 2 heterocycles. The van der Waals surface area contributed by atoms with Gasteiger partial charge < -0.3 is 4.57 Å². The molecule has 1 aliphatic rings. The van der Waals surface area contributed by atoms with E-state index in [9.17, 15) is 0 Å². The summed E-state index contributed by atoms with van der Waals surface area (Å²) in [6, 6.07) is 0. The monoisotopic (exact) mass is 182 g/mol. The molecule has 0 aliphatic carbocycles. The molecule has 0 spiro atoms. The van der Waals surface area contributed by atoms with Gasteiger partial charge in [-0.1, -0.05) is 13.8 Å². The van der Waals surface area contributed by atoms with Gasteiger partial charge in [0, 0.05) is 13.1 Å². The zero-order valence-corrected chi connectivity index (χ0v) is 8.62. The number of aryl methyl sites for hydroxylation is 1. The summed E-state index contributed by atoms with van der Waals surface area (Å²) >= 11 is 0. The zero-order valence-electron chi connectivity index (χ0n) is 8.62. The van der Waals surface area contributed by atoms with Crippen LogP contribution in [-0.4, -0.2) is 21.1 Å². The molecule has 74 valence electrons. The smallest absolute Gasteiger partial charge is 0.0952 e. The maximum Gasteiger partial charge on any atom is 0.0952 e. The van der Waals surface area contributed by atoms with Crippen LogP contribution in [0.3, 0.4) is 0 Å². The lowest BCUT2D eigenvalue weighted by atomic mass is 10.3. The Bertz CT molecular complexity index is 267. The van der Waals surface area contributed by atoms with Crippen molar-refractivity contribution in [2.75, 3.05) is 6.54 Å². The van der Waals surface area contributed by atoms with Crippen molar-refractivity contribution in [3.05, 3.63) is 17.7 Å². The first kappa shape index (κ1) is 10.2. The third kappa shape index (κ3) is 2.08. The Morgan fingerprint density at radius 3 is 2.77 bits per heavy atom. The number of hydrogen-bond acceptors (Lipinski definition) is 3. The topological polar surface area (TPSA) is 47.1 Å². The summed E-state index contributed by atoms with van der Waals surface area (Å²) < 4.78 is 2.17. The Hall–Kier alpha value is -0.870. The van der Waals surface area contributed by atoms with Crippen LogP contribution in [0.15, 0.2) is 6.33 Å². The predicted molar refractivity (Wildman–Crippen MR) is 52.9 cm³/mol. The van der Waals surface area contributed by atoms with Crippen LogP contribution < -0.4 is 5.84 Å². The molecule has 1 aromatic rings. The number of aromatic nitrogens is 2. The van der Waals surface area contributed by atoms with E-state index in [2.05, 4.69) is 9.55 Å². The van der Waals surface area contributed by atoms with Gasteiger partial charge in [0.2, 0.25) is 0 Å². The average Bonchev–Trinajstić information content (AvgIpc) is 2.52. The van der Waals surface area contributed by atoms with E-state index in [0.29, 0.717) is 0 Å². The fraction of sp³-hybridized carbons (Fsp3) is 0.667. The molecule has 0 radical (unpaired) electrons. The Kier molecular flexibility index (Phi) is 3.45. The molecule has 0 atom stereocenters. The van der Waals surface area contributed by atoms with Gasteiger partial charge in [0.15, 0.2) is 0 Å². The molecule has 1 aliphatic heterocycles. The first-order valence-corrected chi connectivity index (χ1v) is 4.77. The lowest BCUT2D eigenvalue weighted by Gasteiger charge is -2.23. The maximum absolute atomic E-state index is 5.67. The van der Waals surface area contributed by atoms with Crippen LogP contribution in [-0.2, 0) is 13.1 Å². The third-order valence-electron chi connectivity index (χ3n) is 2.14. The molecule has 0 amide bonds. The van der Waals surface area contributed by atoms with Gasteiger partial charge in [-0.15, -0.1) is 0 Å². The van der Waals surface area contributed by atoms with E-state index in [4.69, 9.17) is 5.84 Å². The van der Waals surface area contributed by atoms with Crippen LogP contribution in [0.5, 0.6) is 0 Å². The zero-order chi connectivity index (χ0) is 9.84. The Labute approximate surface area is 79.3 Å². The third-order valence-corrected chi connectivity index (χ3v) is 2.14. The molecule has 0 saturated heterocycles. The van der Waals surface area contributed by atoms with Crippen LogP contribution in [0.4, 0.5) is 0 Å². The second-order valence-corrected chi connectivity index (χ2v) is 2.94. The van der Waals surface area contributed by atoms with Gasteiger partial charge in [0.25, 0.3) is 0 Å². The number of hydrazine groups is 1. The summed E-state index contributed by atoms with van der Waals surface area (Å²) in [5, 5.41) is 1.82. The summed E-state index contributed by atoms with van der Waals surface area (Å²) in [4.78, 5) is 4.21. The van der Waals surface area contributed by atoms with E-state index >= 15 is 0 Å². The number of hydrogen-bond donors (Lipinski definition) is 1. The first-order valence-electron chi connectivity index (χ1n) is 4.77. The van der Waals surface area contributed by atoms with Crippen molar-refractivity contribution in [1.29, 1.82) is 0 Å². The number of imidazole rings is 1. The molecule has 0 saturated carbocycles. The van der Waals surface area contributed by atoms with Crippen LogP contribution in [0.2, 0.25) is 0 Å². The number of nitrogens with zero attached hydrogens (tertiary/aromatic N) is 3. The minimum Gasteiger partial charge on any atom is -0.332 e. The number of nitrogens with two attached hydrogens (primary N) is 1. The van der Waals surface area contributed by atoms with E-state index < -0.39 is 0 Å². The Morgan fingerprint density at radius 1 is 1.38 bits per heavy atom. The molecular weight excluding hydrogens is 164 g/mol. The van der Waals surface area contributed by atoms with E-state index in [-0.39, 0.29) is 0 Å². The minimum absolute atomic E-state index is 0.825. The van der Waals surface area contributed by atoms with Gasteiger partial charge in [-0.25, -0.2) is 9.99 Å². The van der Waals surface area contributed by atoms with Gasteiger partial charge in [-0.05, 0) is 6.92 Å². The van der Waals surface area contributed by atoms with Crippen molar-refractivity contribution in [2.24, 2.45) is 5.84 Å². The summed E-state index contributed by atoms with van der Waals surface area (Å²) in [5.41, 5.74) is 2.35. The normalized spacial score (nSPS) is 16.0. The molecule has 4 nitrogen and oxygen atoms in total. The van der Waals surface area contributed by atoms with Crippen molar-refractivity contribution < 1.29 is 0 Å². The van der Waals surface area contributed by atoms with Crippen LogP contribution >= 0.6 is 0 Å². The van der Waals surface area contributed by atoms with Crippen molar-refractivity contribution in [1.82, 2.24) is 14.6 Å². The molecule has 0 fully saturated rings. The number of fused-ring (bicyclic) bond motifs is 1.